The standard InChI is InChI=1S/C19H37N7O/c1-6-16(7-2)17(26-9-11-27-12-10-26)13-21-19(20-8-3)22-14-18-24-23-15(4)25(18)5/h16-17H,6-14H2,1-5H3,(H2,20,21,22). The molecule has 1 unspecified atom stereocenters. The Morgan fingerprint density at radius 3 is 2.41 bits per heavy atom. The third-order valence-corrected chi connectivity index (χ3v) is 5.49. The number of ether oxygens (including phenoxy) is 1. The number of aryl methyl sites for hydroxylation is 1. The maximum atomic E-state index is 5.55. The highest BCUT2D eigenvalue weighted by atomic mass is 16.5. The van der Waals surface area contributed by atoms with Crippen LogP contribution in [0.1, 0.15) is 45.3 Å². The zero-order chi connectivity index (χ0) is 19.6. The number of aromatic nitrogens is 3. The van der Waals surface area contributed by atoms with Gasteiger partial charge in [-0.25, -0.2) is 4.99 Å². The van der Waals surface area contributed by atoms with Crippen LogP contribution in [-0.4, -0.2) is 71.1 Å². The number of nitrogens with zero attached hydrogens (tertiary/aromatic N) is 5. The smallest absolute Gasteiger partial charge is 0.191 e. The van der Waals surface area contributed by atoms with Crippen molar-refractivity contribution in [3.8, 4) is 0 Å². The molecular weight excluding hydrogens is 342 g/mol. The van der Waals surface area contributed by atoms with Gasteiger partial charge in [-0.05, 0) is 19.8 Å². The first kappa shape index (κ1) is 21.6. The average molecular weight is 380 g/mol. The van der Waals surface area contributed by atoms with Crippen LogP contribution in [-0.2, 0) is 18.3 Å². The molecule has 1 aliphatic heterocycles. The second kappa shape index (κ2) is 11.2. The molecule has 0 saturated carbocycles. The summed E-state index contributed by atoms with van der Waals surface area (Å²) in [7, 11) is 1.97. The Labute approximate surface area is 163 Å². The van der Waals surface area contributed by atoms with Gasteiger partial charge in [0.25, 0.3) is 0 Å². The van der Waals surface area contributed by atoms with Crippen LogP contribution >= 0.6 is 0 Å². The van der Waals surface area contributed by atoms with Gasteiger partial charge in [0, 0.05) is 39.3 Å². The number of morpholine rings is 1. The van der Waals surface area contributed by atoms with Crippen LogP contribution in [0.2, 0.25) is 0 Å². The van der Waals surface area contributed by atoms with Crippen molar-refractivity contribution in [2.45, 2.75) is 53.1 Å². The molecule has 1 aromatic rings. The molecule has 1 saturated heterocycles. The maximum absolute atomic E-state index is 5.55. The van der Waals surface area contributed by atoms with Gasteiger partial charge in [-0.1, -0.05) is 26.7 Å². The summed E-state index contributed by atoms with van der Waals surface area (Å²) in [4.78, 5) is 7.29. The zero-order valence-electron chi connectivity index (χ0n) is 17.7. The van der Waals surface area contributed by atoms with Crippen LogP contribution in [0.15, 0.2) is 4.99 Å². The fraction of sp³-hybridized carbons (Fsp3) is 0.842. The summed E-state index contributed by atoms with van der Waals surface area (Å²) in [6, 6.07) is 0.491. The van der Waals surface area contributed by atoms with Crippen LogP contribution < -0.4 is 10.6 Å². The Bertz CT molecular complexity index is 577. The van der Waals surface area contributed by atoms with Crippen molar-refractivity contribution < 1.29 is 4.74 Å². The van der Waals surface area contributed by atoms with Crippen LogP contribution in [0.4, 0.5) is 0 Å². The highest BCUT2D eigenvalue weighted by molar-refractivity contribution is 5.79. The molecule has 0 aliphatic carbocycles. The molecule has 1 atom stereocenters. The lowest BCUT2D eigenvalue weighted by atomic mass is 9.92. The topological polar surface area (TPSA) is 79.6 Å². The Morgan fingerprint density at radius 1 is 1.15 bits per heavy atom. The van der Waals surface area contributed by atoms with Crippen molar-refractivity contribution in [1.29, 1.82) is 0 Å². The predicted molar refractivity (Wildman–Crippen MR) is 109 cm³/mol. The molecule has 0 bridgehead atoms. The molecule has 2 heterocycles. The molecule has 0 spiro atoms. The van der Waals surface area contributed by atoms with Gasteiger partial charge in [0.1, 0.15) is 12.4 Å². The summed E-state index contributed by atoms with van der Waals surface area (Å²) in [6.45, 7) is 14.5. The van der Waals surface area contributed by atoms with E-state index in [9.17, 15) is 0 Å². The molecule has 1 fully saturated rings. The van der Waals surface area contributed by atoms with E-state index in [1.54, 1.807) is 0 Å². The molecule has 27 heavy (non-hydrogen) atoms. The number of hydrogen-bond donors (Lipinski definition) is 2. The highest BCUT2D eigenvalue weighted by Gasteiger charge is 2.27. The molecule has 2 rings (SSSR count). The third-order valence-electron chi connectivity index (χ3n) is 5.49. The number of aliphatic imine (C=N–C) groups is 1. The molecule has 1 aliphatic rings. The summed E-state index contributed by atoms with van der Waals surface area (Å²) in [5.74, 6) is 3.27. The summed E-state index contributed by atoms with van der Waals surface area (Å²) >= 11 is 0. The van der Waals surface area contributed by atoms with Gasteiger partial charge >= 0.3 is 0 Å². The minimum atomic E-state index is 0.491. The van der Waals surface area contributed by atoms with Crippen molar-refractivity contribution in [3.63, 3.8) is 0 Å². The Hall–Kier alpha value is -1.67. The van der Waals surface area contributed by atoms with Crippen LogP contribution in [0, 0.1) is 12.8 Å². The largest absolute Gasteiger partial charge is 0.379 e. The van der Waals surface area contributed by atoms with Gasteiger partial charge in [0.15, 0.2) is 11.8 Å². The lowest BCUT2D eigenvalue weighted by molar-refractivity contribution is 0.00272. The quantitative estimate of drug-likeness (QED) is 0.498. The summed E-state index contributed by atoms with van der Waals surface area (Å²) in [5.41, 5.74) is 0. The van der Waals surface area contributed by atoms with Gasteiger partial charge in [-0.15, -0.1) is 10.2 Å². The van der Waals surface area contributed by atoms with Gasteiger partial charge in [0.05, 0.1) is 13.2 Å². The molecule has 154 valence electrons. The molecule has 0 radical (unpaired) electrons. The predicted octanol–water partition coefficient (Wildman–Crippen LogP) is 1.32. The number of hydrogen-bond acceptors (Lipinski definition) is 5. The lowest BCUT2D eigenvalue weighted by Gasteiger charge is -2.39. The summed E-state index contributed by atoms with van der Waals surface area (Å²) in [6.07, 6.45) is 2.37. The van der Waals surface area contributed by atoms with E-state index >= 15 is 0 Å². The first-order valence-corrected chi connectivity index (χ1v) is 10.3. The van der Waals surface area contributed by atoms with E-state index in [4.69, 9.17) is 9.73 Å². The number of guanidine groups is 1. The van der Waals surface area contributed by atoms with Crippen molar-refractivity contribution in [1.82, 2.24) is 30.3 Å². The normalized spacial score (nSPS) is 17.3. The minimum Gasteiger partial charge on any atom is -0.379 e. The molecular formula is C19H37N7O. The van der Waals surface area contributed by atoms with Crippen LogP contribution in [0.5, 0.6) is 0 Å². The Kier molecular flexibility index (Phi) is 9.00. The molecule has 0 aromatic carbocycles. The van der Waals surface area contributed by atoms with Gasteiger partial charge < -0.3 is 19.9 Å². The van der Waals surface area contributed by atoms with E-state index < -0.39 is 0 Å². The summed E-state index contributed by atoms with van der Waals surface area (Å²) < 4.78 is 7.53. The SMILES string of the molecule is CCNC(=NCc1nnc(C)n1C)NCC(C(CC)CC)N1CCOCC1. The Balaban J connectivity index is 2.03. The molecule has 0 amide bonds. The fourth-order valence-electron chi connectivity index (χ4n) is 3.62. The lowest BCUT2D eigenvalue weighted by Crippen LogP contribution is -2.53. The molecule has 8 nitrogen and oxygen atoms in total. The van der Waals surface area contributed by atoms with E-state index in [2.05, 4.69) is 46.5 Å². The van der Waals surface area contributed by atoms with Crippen molar-refractivity contribution in [2.75, 3.05) is 39.4 Å². The Morgan fingerprint density at radius 2 is 1.85 bits per heavy atom. The van der Waals surface area contributed by atoms with Crippen LogP contribution in [0.25, 0.3) is 0 Å². The molecule has 2 N–H and O–H groups in total. The van der Waals surface area contributed by atoms with Gasteiger partial charge in [0.2, 0.25) is 0 Å². The first-order valence-electron chi connectivity index (χ1n) is 10.3. The number of nitrogens with one attached hydrogen (secondary N) is 2. The van der Waals surface area contributed by atoms with E-state index in [1.807, 2.05) is 18.5 Å². The maximum Gasteiger partial charge on any atom is 0.191 e. The van der Waals surface area contributed by atoms with Gasteiger partial charge in [-0.3, -0.25) is 4.90 Å². The average Bonchev–Trinajstić information content (AvgIpc) is 3.01. The molecule has 8 heteroatoms. The second-order valence-corrected chi connectivity index (χ2v) is 7.09. The van der Waals surface area contributed by atoms with E-state index in [0.29, 0.717) is 18.5 Å². The van der Waals surface area contributed by atoms with Gasteiger partial charge in [-0.2, -0.15) is 0 Å². The van der Waals surface area contributed by atoms with Crippen molar-refractivity contribution >= 4 is 5.96 Å². The number of rotatable bonds is 9. The minimum absolute atomic E-state index is 0.491. The molecule has 1 aromatic heterocycles. The van der Waals surface area contributed by atoms with Crippen LogP contribution in [0.3, 0.4) is 0 Å². The van der Waals surface area contributed by atoms with Crippen molar-refractivity contribution in [2.24, 2.45) is 18.0 Å². The fourth-order valence-corrected chi connectivity index (χ4v) is 3.62. The second-order valence-electron chi connectivity index (χ2n) is 7.09. The monoisotopic (exact) mass is 379 g/mol. The van der Waals surface area contributed by atoms with E-state index in [0.717, 1.165) is 57.0 Å². The van der Waals surface area contributed by atoms with E-state index in [1.165, 1.54) is 12.8 Å². The highest BCUT2D eigenvalue weighted by Crippen LogP contribution is 2.19. The third kappa shape index (κ3) is 6.17. The van der Waals surface area contributed by atoms with Crippen molar-refractivity contribution in [3.05, 3.63) is 11.6 Å². The summed E-state index contributed by atoms with van der Waals surface area (Å²) in [5, 5.41) is 15.2. The van der Waals surface area contributed by atoms with E-state index in [-0.39, 0.29) is 0 Å². The first-order chi connectivity index (χ1) is 13.1. The zero-order valence-corrected chi connectivity index (χ0v) is 17.7.